The average Bonchev–Trinajstić information content (AvgIpc) is 3.02. The third-order valence-electron chi connectivity index (χ3n) is 4.85. The van der Waals surface area contributed by atoms with Gasteiger partial charge in [0.25, 0.3) is 0 Å². The zero-order valence-corrected chi connectivity index (χ0v) is 12.2. The molecule has 0 spiro atoms. The molecular weight excluding hydrogens is 254 g/mol. The van der Waals surface area contributed by atoms with Gasteiger partial charge in [-0.2, -0.15) is 0 Å². The number of ether oxygens (including phenoxy) is 1. The van der Waals surface area contributed by atoms with Gasteiger partial charge in [-0.3, -0.25) is 0 Å². The van der Waals surface area contributed by atoms with Crippen molar-refractivity contribution in [2.24, 2.45) is 11.3 Å². The molecule has 2 aliphatic rings. The summed E-state index contributed by atoms with van der Waals surface area (Å²) >= 11 is 0. The van der Waals surface area contributed by atoms with Gasteiger partial charge in [0, 0.05) is 31.1 Å². The van der Waals surface area contributed by atoms with Crippen LogP contribution < -0.4 is 5.32 Å². The molecule has 4 nitrogen and oxygen atoms in total. The van der Waals surface area contributed by atoms with Gasteiger partial charge in [-0.1, -0.05) is 6.92 Å². The Morgan fingerprint density at radius 3 is 2.75 bits per heavy atom. The van der Waals surface area contributed by atoms with Gasteiger partial charge in [-0.25, -0.2) is 0 Å². The Bertz CT molecular complexity index is 437. The highest BCUT2D eigenvalue weighted by Gasteiger charge is 2.36. The highest BCUT2D eigenvalue weighted by atomic mass is 16.5. The Morgan fingerprint density at radius 1 is 1.35 bits per heavy atom. The predicted molar refractivity (Wildman–Crippen MR) is 76.5 cm³/mol. The van der Waals surface area contributed by atoms with Crippen molar-refractivity contribution in [3.63, 3.8) is 0 Å². The van der Waals surface area contributed by atoms with E-state index < -0.39 is 0 Å². The van der Waals surface area contributed by atoms with E-state index in [0.29, 0.717) is 5.92 Å². The van der Waals surface area contributed by atoms with Gasteiger partial charge in [0.05, 0.1) is 13.2 Å². The summed E-state index contributed by atoms with van der Waals surface area (Å²) in [6, 6.07) is 4.18. The lowest BCUT2D eigenvalue weighted by molar-refractivity contribution is -0.0155. The maximum absolute atomic E-state index is 9.63. The average molecular weight is 279 g/mol. The Morgan fingerprint density at radius 2 is 2.10 bits per heavy atom. The number of hydrogen-bond donors (Lipinski definition) is 2. The van der Waals surface area contributed by atoms with E-state index in [2.05, 4.69) is 24.4 Å². The van der Waals surface area contributed by atoms with E-state index in [9.17, 15) is 5.11 Å². The zero-order valence-electron chi connectivity index (χ0n) is 12.2. The Kier molecular flexibility index (Phi) is 4.15. The van der Waals surface area contributed by atoms with Crippen LogP contribution in [0.4, 0.5) is 0 Å². The van der Waals surface area contributed by atoms with Gasteiger partial charge in [-0.15, -0.1) is 0 Å². The van der Waals surface area contributed by atoms with E-state index in [1.807, 2.05) is 0 Å². The lowest BCUT2D eigenvalue weighted by Crippen LogP contribution is -2.41. The first kappa shape index (κ1) is 14.1. The molecule has 1 saturated heterocycles. The quantitative estimate of drug-likeness (QED) is 0.839. The van der Waals surface area contributed by atoms with Gasteiger partial charge in [0.1, 0.15) is 11.5 Å². The standard InChI is InChI=1S/C16H25NO3/c1-12-8-14(12)15-3-2-13(20-15)9-17-10-16(11-18)4-6-19-7-5-16/h2-3,12,14,17-18H,4-11H2,1H3/t12-,14-/m1/s1. The van der Waals surface area contributed by atoms with Crippen LogP contribution in [0.5, 0.6) is 0 Å². The number of hydrogen-bond acceptors (Lipinski definition) is 4. The van der Waals surface area contributed by atoms with Crippen LogP contribution in [0.2, 0.25) is 0 Å². The molecule has 1 aliphatic heterocycles. The molecule has 20 heavy (non-hydrogen) atoms. The van der Waals surface area contributed by atoms with Crippen LogP contribution in [0.1, 0.15) is 43.6 Å². The molecule has 0 bridgehead atoms. The third kappa shape index (κ3) is 3.08. The maximum Gasteiger partial charge on any atom is 0.117 e. The van der Waals surface area contributed by atoms with Crippen molar-refractivity contribution >= 4 is 0 Å². The number of aliphatic hydroxyl groups is 1. The summed E-state index contributed by atoms with van der Waals surface area (Å²) in [7, 11) is 0. The van der Waals surface area contributed by atoms with Crippen molar-refractivity contribution in [1.82, 2.24) is 5.32 Å². The summed E-state index contributed by atoms with van der Waals surface area (Å²) in [5.41, 5.74) is -0.0152. The Balaban J connectivity index is 1.48. The number of nitrogens with one attached hydrogen (secondary N) is 1. The molecule has 2 heterocycles. The summed E-state index contributed by atoms with van der Waals surface area (Å²) in [4.78, 5) is 0. The van der Waals surface area contributed by atoms with Crippen molar-refractivity contribution in [2.45, 2.75) is 38.6 Å². The predicted octanol–water partition coefficient (Wildman–Crippen LogP) is 2.28. The van der Waals surface area contributed by atoms with Crippen molar-refractivity contribution in [3.8, 4) is 0 Å². The molecular formula is C16H25NO3. The molecule has 2 fully saturated rings. The second-order valence-corrected chi connectivity index (χ2v) is 6.50. The van der Waals surface area contributed by atoms with E-state index in [0.717, 1.165) is 56.6 Å². The van der Waals surface area contributed by atoms with Crippen LogP contribution in [0.15, 0.2) is 16.5 Å². The lowest BCUT2D eigenvalue weighted by atomic mass is 9.81. The van der Waals surface area contributed by atoms with Crippen molar-refractivity contribution in [2.75, 3.05) is 26.4 Å². The van der Waals surface area contributed by atoms with Crippen LogP contribution >= 0.6 is 0 Å². The van der Waals surface area contributed by atoms with Crippen LogP contribution in [0, 0.1) is 11.3 Å². The van der Waals surface area contributed by atoms with Gasteiger partial charge in [0.2, 0.25) is 0 Å². The molecule has 1 aliphatic carbocycles. The second-order valence-electron chi connectivity index (χ2n) is 6.50. The molecule has 0 radical (unpaired) electrons. The highest BCUT2D eigenvalue weighted by molar-refractivity contribution is 5.17. The molecule has 0 amide bonds. The Labute approximate surface area is 120 Å². The summed E-state index contributed by atoms with van der Waals surface area (Å²) in [6.45, 7) is 5.57. The van der Waals surface area contributed by atoms with E-state index in [4.69, 9.17) is 9.15 Å². The molecule has 1 aromatic heterocycles. The minimum absolute atomic E-state index is 0.0152. The van der Waals surface area contributed by atoms with E-state index >= 15 is 0 Å². The lowest BCUT2D eigenvalue weighted by Gasteiger charge is -2.35. The highest BCUT2D eigenvalue weighted by Crippen LogP contribution is 2.47. The summed E-state index contributed by atoms with van der Waals surface area (Å²) in [5.74, 6) is 3.56. The van der Waals surface area contributed by atoms with E-state index in [-0.39, 0.29) is 12.0 Å². The topological polar surface area (TPSA) is 54.6 Å². The minimum Gasteiger partial charge on any atom is -0.464 e. The first-order chi connectivity index (χ1) is 9.72. The van der Waals surface area contributed by atoms with E-state index in [1.54, 1.807) is 0 Å². The molecule has 3 rings (SSSR count). The zero-order chi connectivity index (χ0) is 14.0. The molecule has 1 saturated carbocycles. The number of furan rings is 1. The smallest absolute Gasteiger partial charge is 0.117 e. The third-order valence-corrected chi connectivity index (χ3v) is 4.85. The van der Waals surface area contributed by atoms with Crippen LogP contribution in [-0.4, -0.2) is 31.5 Å². The summed E-state index contributed by atoms with van der Waals surface area (Å²) in [5, 5.41) is 13.1. The number of rotatable bonds is 6. The molecule has 2 atom stereocenters. The summed E-state index contributed by atoms with van der Waals surface area (Å²) < 4.78 is 11.3. The van der Waals surface area contributed by atoms with Gasteiger partial charge >= 0.3 is 0 Å². The van der Waals surface area contributed by atoms with Crippen molar-refractivity contribution < 1.29 is 14.3 Å². The molecule has 2 N–H and O–H groups in total. The van der Waals surface area contributed by atoms with Crippen LogP contribution in [0.25, 0.3) is 0 Å². The van der Waals surface area contributed by atoms with Crippen LogP contribution in [0.3, 0.4) is 0 Å². The molecule has 1 aromatic rings. The SMILES string of the molecule is C[C@@H]1C[C@H]1c1ccc(CNCC2(CO)CCOCC2)o1. The fourth-order valence-electron chi connectivity index (χ4n) is 3.05. The fourth-order valence-corrected chi connectivity index (χ4v) is 3.05. The van der Waals surface area contributed by atoms with Gasteiger partial charge in [0.15, 0.2) is 0 Å². The largest absolute Gasteiger partial charge is 0.464 e. The maximum atomic E-state index is 9.63. The van der Waals surface area contributed by atoms with Gasteiger partial charge < -0.3 is 19.6 Å². The Hall–Kier alpha value is -0.840. The van der Waals surface area contributed by atoms with Crippen molar-refractivity contribution in [3.05, 3.63) is 23.7 Å². The molecule has 0 aromatic carbocycles. The summed E-state index contributed by atoms with van der Waals surface area (Å²) in [6.07, 6.45) is 3.12. The fraction of sp³-hybridized carbons (Fsp3) is 0.750. The number of aliphatic hydroxyl groups excluding tert-OH is 1. The van der Waals surface area contributed by atoms with Crippen LogP contribution in [-0.2, 0) is 11.3 Å². The molecule has 0 unspecified atom stereocenters. The normalized spacial score (nSPS) is 28.5. The minimum atomic E-state index is -0.0152. The second kappa shape index (κ2) is 5.88. The monoisotopic (exact) mass is 279 g/mol. The first-order valence-corrected chi connectivity index (χ1v) is 7.70. The first-order valence-electron chi connectivity index (χ1n) is 7.70. The van der Waals surface area contributed by atoms with Gasteiger partial charge in [-0.05, 0) is 37.3 Å². The molecule has 112 valence electrons. The van der Waals surface area contributed by atoms with Crippen molar-refractivity contribution in [1.29, 1.82) is 0 Å². The van der Waals surface area contributed by atoms with E-state index in [1.165, 1.54) is 6.42 Å². The molecule has 4 heteroatoms.